The van der Waals surface area contributed by atoms with Crippen LogP contribution in [0.2, 0.25) is 5.02 Å². The smallest absolute Gasteiger partial charge is 0.307 e. The summed E-state index contributed by atoms with van der Waals surface area (Å²) in [5.41, 5.74) is 3.50. The van der Waals surface area contributed by atoms with Gasteiger partial charge in [0.05, 0.1) is 6.42 Å². The maximum Gasteiger partial charge on any atom is 0.307 e. The van der Waals surface area contributed by atoms with E-state index in [1.165, 1.54) is 11.3 Å². The highest BCUT2D eigenvalue weighted by Crippen LogP contribution is 2.32. The molecule has 2 heterocycles. The molecule has 4 rings (SSSR count). The van der Waals surface area contributed by atoms with Gasteiger partial charge in [0.15, 0.2) is 0 Å². The van der Waals surface area contributed by atoms with Crippen molar-refractivity contribution in [2.24, 2.45) is 0 Å². The molecule has 2 aromatic rings. The molecule has 6 heteroatoms. The number of rotatable bonds is 4. The Hall–Kier alpha value is -2.01. The Morgan fingerprint density at radius 3 is 3.04 bits per heavy atom. The number of aromatic nitrogens is 1. The van der Waals surface area contributed by atoms with Crippen molar-refractivity contribution in [2.45, 2.75) is 44.6 Å². The average molecular weight is 361 g/mol. The van der Waals surface area contributed by atoms with E-state index in [1.807, 2.05) is 18.2 Å². The Balaban J connectivity index is 1.38. The number of benzene rings is 1. The zero-order chi connectivity index (χ0) is 17.4. The van der Waals surface area contributed by atoms with Crippen molar-refractivity contribution >= 4 is 34.4 Å². The number of likely N-dealkylation sites (tertiary alicyclic amines) is 1. The summed E-state index contributed by atoms with van der Waals surface area (Å²) in [6.45, 7) is 1.23. The van der Waals surface area contributed by atoms with Crippen molar-refractivity contribution in [2.75, 3.05) is 13.1 Å². The van der Waals surface area contributed by atoms with Gasteiger partial charge in [0.1, 0.15) is 6.10 Å². The summed E-state index contributed by atoms with van der Waals surface area (Å²) in [6.07, 6.45) is 4.06. The third-order valence-electron chi connectivity index (χ3n) is 5.16. The fraction of sp³-hybridized carbons (Fsp3) is 0.474. The zero-order valence-electron chi connectivity index (χ0n) is 14.0. The largest absolute Gasteiger partial charge is 0.462 e. The first kappa shape index (κ1) is 16.5. The Bertz CT molecular complexity index is 829. The maximum absolute atomic E-state index is 12.2. The van der Waals surface area contributed by atoms with Gasteiger partial charge >= 0.3 is 5.97 Å². The molecular weight excluding hydrogens is 340 g/mol. The number of ether oxygens (including phenoxy) is 1. The molecule has 5 nitrogen and oxygen atoms in total. The number of hydrogen-bond acceptors (Lipinski definition) is 3. The van der Waals surface area contributed by atoms with E-state index in [2.05, 4.69) is 4.98 Å². The third-order valence-corrected chi connectivity index (χ3v) is 5.40. The number of nitrogens with zero attached hydrogens (tertiary/aromatic N) is 1. The number of aryl methyl sites for hydroxylation is 1. The van der Waals surface area contributed by atoms with E-state index < -0.39 is 0 Å². The van der Waals surface area contributed by atoms with Crippen LogP contribution in [0.3, 0.4) is 0 Å². The number of carbonyl (C=O) groups excluding carboxylic acids is 2. The molecule has 1 aliphatic heterocycles. The van der Waals surface area contributed by atoms with Crippen molar-refractivity contribution in [1.82, 2.24) is 9.88 Å². The highest BCUT2D eigenvalue weighted by Gasteiger charge is 2.26. The molecule has 25 heavy (non-hydrogen) atoms. The van der Waals surface area contributed by atoms with E-state index in [-0.39, 0.29) is 24.4 Å². The number of carbonyl (C=O) groups is 2. The summed E-state index contributed by atoms with van der Waals surface area (Å²) >= 11 is 6.12. The highest BCUT2D eigenvalue weighted by molar-refractivity contribution is 6.31. The molecule has 0 unspecified atom stereocenters. The fourth-order valence-corrected chi connectivity index (χ4v) is 4.04. The minimum Gasteiger partial charge on any atom is -0.462 e. The van der Waals surface area contributed by atoms with Gasteiger partial charge in [-0.2, -0.15) is 0 Å². The molecule has 1 fully saturated rings. The van der Waals surface area contributed by atoms with E-state index in [9.17, 15) is 9.59 Å². The van der Waals surface area contributed by atoms with E-state index in [1.54, 1.807) is 4.90 Å². The lowest BCUT2D eigenvalue weighted by Crippen LogP contribution is -2.30. The second-order valence-corrected chi connectivity index (χ2v) is 7.30. The predicted molar refractivity (Wildman–Crippen MR) is 95.6 cm³/mol. The first-order chi connectivity index (χ1) is 12.1. The number of nitrogens with one attached hydrogen (secondary N) is 1. The molecule has 132 valence electrons. The number of hydrogen-bond donors (Lipinski definition) is 1. The van der Waals surface area contributed by atoms with Gasteiger partial charge in [-0.05, 0) is 43.0 Å². The first-order valence-corrected chi connectivity index (χ1v) is 9.24. The maximum atomic E-state index is 12.2. The van der Waals surface area contributed by atoms with E-state index in [0.717, 1.165) is 36.7 Å². The molecular formula is C19H21ClN2O3. The van der Waals surface area contributed by atoms with Crippen LogP contribution in [0.5, 0.6) is 0 Å². The summed E-state index contributed by atoms with van der Waals surface area (Å²) < 4.78 is 5.67. The van der Waals surface area contributed by atoms with Crippen molar-refractivity contribution in [3.05, 3.63) is 34.5 Å². The lowest BCUT2D eigenvalue weighted by molar-refractivity contribution is -0.150. The molecule has 1 atom stereocenters. The summed E-state index contributed by atoms with van der Waals surface area (Å²) in [5.74, 6) is -0.0724. The summed E-state index contributed by atoms with van der Waals surface area (Å²) in [5, 5.41) is 1.83. The first-order valence-electron chi connectivity index (χ1n) is 8.86. The lowest BCUT2D eigenvalue weighted by Gasteiger charge is -2.23. The Labute approximate surface area is 151 Å². The van der Waals surface area contributed by atoms with E-state index in [0.29, 0.717) is 24.4 Å². The van der Waals surface area contributed by atoms with Crippen LogP contribution >= 0.6 is 11.6 Å². The second-order valence-electron chi connectivity index (χ2n) is 6.86. The molecule has 1 saturated heterocycles. The van der Waals surface area contributed by atoms with Gasteiger partial charge in [-0.25, -0.2) is 0 Å². The number of amides is 1. The van der Waals surface area contributed by atoms with Gasteiger partial charge in [0.25, 0.3) is 0 Å². The summed E-state index contributed by atoms with van der Waals surface area (Å²) in [4.78, 5) is 28.9. The Kier molecular flexibility index (Phi) is 4.42. The minimum absolute atomic E-state index is 0.104. The predicted octanol–water partition coefficient (Wildman–Crippen LogP) is 3.23. The molecule has 1 aliphatic carbocycles. The van der Waals surface area contributed by atoms with Crippen LogP contribution in [-0.2, 0) is 27.2 Å². The van der Waals surface area contributed by atoms with Crippen LogP contribution in [0.15, 0.2) is 18.2 Å². The lowest BCUT2D eigenvalue weighted by atomic mass is 9.93. The number of aromatic amines is 1. The van der Waals surface area contributed by atoms with Crippen LogP contribution in [0.1, 0.15) is 36.9 Å². The van der Waals surface area contributed by atoms with Gasteiger partial charge < -0.3 is 14.6 Å². The van der Waals surface area contributed by atoms with Crippen LogP contribution in [-0.4, -0.2) is 41.0 Å². The topological polar surface area (TPSA) is 62.4 Å². The van der Waals surface area contributed by atoms with Gasteiger partial charge in [-0.15, -0.1) is 0 Å². The van der Waals surface area contributed by atoms with Crippen molar-refractivity contribution < 1.29 is 14.3 Å². The molecule has 2 aliphatic rings. The standard InChI is InChI=1S/C19H21ClN2O3/c20-12-3-5-16-14(10-12)15-11-13(4-6-17(15)21-16)25-19(24)7-9-22-8-1-2-18(22)23/h3,5,10,13,21H,1-2,4,6-9,11H2/t13-/m0/s1. The monoisotopic (exact) mass is 360 g/mol. The molecule has 1 amide bonds. The van der Waals surface area contributed by atoms with Crippen molar-refractivity contribution in [3.63, 3.8) is 0 Å². The van der Waals surface area contributed by atoms with Crippen LogP contribution in [0.4, 0.5) is 0 Å². The Morgan fingerprint density at radius 1 is 1.36 bits per heavy atom. The van der Waals surface area contributed by atoms with E-state index in [4.69, 9.17) is 16.3 Å². The van der Waals surface area contributed by atoms with Crippen molar-refractivity contribution in [1.29, 1.82) is 0 Å². The van der Waals surface area contributed by atoms with E-state index >= 15 is 0 Å². The second kappa shape index (κ2) is 6.71. The molecule has 1 aromatic heterocycles. The molecule has 0 radical (unpaired) electrons. The van der Waals surface area contributed by atoms with Crippen LogP contribution in [0, 0.1) is 0 Å². The molecule has 1 N–H and O–H groups in total. The SMILES string of the molecule is O=C(CCN1CCCC1=O)O[C@H]1CCc2[nH]c3ccc(Cl)cc3c2C1. The summed E-state index contributed by atoms with van der Waals surface area (Å²) in [7, 11) is 0. The minimum atomic E-state index is -0.217. The number of esters is 1. The number of H-pyrrole nitrogens is 1. The number of halogens is 1. The molecule has 0 bridgehead atoms. The van der Waals surface area contributed by atoms with Gasteiger partial charge in [0.2, 0.25) is 5.91 Å². The van der Waals surface area contributed by atoms with Crippen LogP contribution < -0.4 is 0 Å². The number of fused-ring (bicyclic) bond motifs is 3. The molecule has 1 aromatic carbocycles. The van der Waals surface area contributed by atoms with Gasteiger partial charge in [-0.1, -0.05) is 11.6 Å². The normalized spacial score (nSPS) is 20.1. The van der Waals surface area contributed by atoms with Crippen LogP contribution in [0.25, 0.3) is 10.9 Å². The Morgan fingerprint density at radius 2 is 2.24 bits per heavy atom. The van der Waals surface area contributed by atoms with Gasteiger partial charge in [0, 0.05) is 47.6 Å². The quantitative estimate of drug-likeness (QED) is 0.851. The average Bonchev–Trinajstić information content (AvgIpc) is 3.16. The molecule has 0 saturated carbocycles. The van der Waals surface area contributed by atoms with Crippen molar-refractivity contribution in [3.8, 4) is 0 Å². The third kappa shape index (κ3) is 3.38. The molecule has 0 spiro atoms. The van der Waals surface area contributed by atoms with Gasteiger partial charge in [-0.3, -0.25) is 9.59 Å². The fourth-order valence-electron chi connectivity index (χ4n) is 3.87. The highest BCUT2D eigenvalue weighted by atomic mass is 35.5. The zero-order valence-corrected chi connectivity index (χ0v) is 14.8. The summed E-state index contributed by atoms with van der Waals surface area (Å²) in [6, 6.07) is 5.84.